The van der Waals surface area contributed by atoms with Gasteiger partial charge in [0.2, 0.25) is 11.8 Å². The molecule has 4 N–H and O–H groups in total. The van der Waals surface area contributed by atoms with Crippen LogP contribution in [0, 0.1) is 11.8 Å². The van der Waals surface area contributed by atoms with Gasteiger partial charge in [-0.05, 0) is 159 Å². The molecule has 4 bridgehead atoms. The normalized spacial score (nSPS) is 23.8. The van der Waals surface area contributed by atoms with Crippen molar-refractivity contribution >= 4 is 46.1 Å². The molecule has 4 amide bonds. The van der Waals surface area contributed by atoms with Gasteiger partial charge in [0.15, 0.2) is 0 Å². The molecule has 0 radical (unpaired) electrons. The van der Waals surface area contributed by atoms with Crippen LogP contribution in [0.1, 0.15) is 124 Å². The Balaban J connectivity index is 0.849. The predicted octanol–water partition coefficient (Wildman–Crippen LogP) is 9.84. The van der Waals surface area contributed by atoms with Crippen LogP contribution < -0.4 is 10.6 Å². The molecular formula is C60H72N8O8. The van der Waals surface area contributed by atoms with Gasteiger partial charge in [-0.2, -0.15) is 0 Å². The molecule has 76 heavy (non-hydrogen) atoms. The first kappa shape index (κ1) is 51.3. The number of amides is 4. The maximum absolute atomic E-state index is 14.6. The number of hydrogen-bond acceptors (Lipinski definition) is 10. The SMILES string of the molecule is COC(=O)NC(C(=O)N1C(c2nc3ccc(-c4cc5ccc4CCc4ccc(c(-c6ccc7nc(C8CC9CCCCC9N8C(=O)C(NC(=O)OC)C(C)OC)[nH]c7c6)c4)CC5)cc3[nH]2)CC2CCCCC21)C(C)OC. The fraction of sp³-hybridized carbons (Fsp3) is 0.500. The van der Waals surface area contributed by atoms with E-state index in [0.717, 1.165) is 135 Å². The van der Waals surface area contributed by atoms with E-state index in [1.165, 1.54) is 47.6 Å². The van der Waals surface area contributed by atoms with Crippen molar-refractivity contribution in [3.63, 3.8) is 0 Å². The summed E-state index contributed by atoms with van der Waals surface area (Å²) in [5.74, 6) is 1.88. The summed E-state index contributed by atoms with van der Waals surface area (Å²) in [6, 6.07) is 24.6. The quantitative estimate of drug-likeness (QED) is 0.0917. The van der Waals surface area contributed by atoms with Crippen LogP contribution in [-0.4, -0.2) is 119 Å². The Morgan fingerprint density at radius 2 is 0.974 bits per heavy atom. The lowest BCUT2D eigenvalue weighted by atomic mass is 9.84. The molecule has 6 aromatic rings. The second-order valence-electron chi connectivity index (χ2n) is 22.0. The Labute approximate surface area is 444 Å². The third kappa shape index (κ3) is 9.82. The van der Waals surface area contributed by atoms with Gasteiger partial charge in [0, 0.05) is 26.3 Å². The number of H-pyrrole nitrogens is 2. The number of methoxy groups -OCH3 is 4. The molecule has 2 aliphatic heterocycles. The average molecular weight is 1030 g/mol. The molecule has 2 saturated heterocycles. The number of ether oxygens (including phenoxy) is 4. The van der Waals surface area contributed by atoms with Gasteiger partial charge in [0.25, 0.3) is 0 Å². The van der Waals surface area contributed by atoms with E-state index >= 15 is 0 Å². The molecule has 16 heteroatoms. The zero-order chi connectivity index (χ0) is 52.8. The number of carbonyl (C=O) groups excluding carboxylic acids is 4. The average Bonchev–Trinajstić information content (AvgIpc) is 4.30. The number of imidazole rings is 2. The van der Waals surface area contributed by atoms with Crippen LogP contribution in [0.15, 0.2) is 72.8 Å². The summed E-state index contributed by atoms with van der Waals surface area (Å²) in [5.41, 5.74) is 13.3. The largest absolute Gasteiger partial charge is 0.453 e. The molecule has 10 unspecified atom stereocenters. The lowest BCUT2D eigenvalue weighted by Gasteiger charge is -2.37. The smallest absolute Gasteiger partial charge is 0.407 e. The molecule has 6 aliphatic carbocycles. The summed E-state index contributed by atoms with van der Waals surface area (Å²) in [6.45, 7) is 3.59. The van der Waals surface area contributed by atoms with E-state index in [1.807, 2.05) is 9.80 Å². The highest BCUT2D eigenvalue weighted by Gasteiger charge is 2.50. The first-order valence-corrected chi connectivity index (χ1v) is 27.6. The van der Waals surface area contributed by atoms with Gasteiger partial charge in [-0.1, -0.05) is 74.2 Å². The number of aromatic amines is 2. The maximum Gasteiger partial charge on any atom is 0.407 e. The van der Waals surface area contributed by atoms with Gasteiger partial charge in [-0.25, -0.2) is 19.6 Å². The lowest BCUT2D eigenvalue weighted by Crippen LogP contribution is -2.56. The topological polar surface area (TPSA) is 193 Å². The van der Waals surface area contributed by atoms with Crippen molar-refractivity contribution in [2.45, 2.75) is 152 Å². The Kier molecular flexibility index (Phi) is 14.6. The summed E-state index contributed by atoms with van der Waals surface area (Å²) in [6.07, 6.45) is 10.9. The van der Waals surface area contributed by atoms with E-state index < -0.39 is 36.5 Å². The number of carbonyl (C=O) groups is 4. The minimum Gasteiger partial charge on any atom is -0.453 e. The standard InChI is InChI=1S/C60H72N8O8/c1-33(73-3)53(65-59(71)75-5)57(69)67-49-13-9-7-11-41(49)31-51(67)55-61-45-25-23-39(29-47(45)63-55)43-27-35-15-19-37(43)21-17-36-16-20-38(22-18-35)44(28-36)40-24-26-46-48(30-40)64-56(62-46)52-32-42-12-8-10-14-50(42)68(52)58(70)54(34(2)74-4)66-60(72)76-6/h15-16,19-20,23-30,33-34,41-42,49-54H,7-14,17-18,21-22,31-32H2,1-6H3,(H,61,63)(H,62,64)(H,65,71)(H,66,72). The fourth-order valence-electron chi connectivity index (χ4n) is 13.6. The van der Waals surface area contributed by atoms with Gasteiger partial charge in [0.1, 0.15) is 23.7 Å². The third-order valence-electron chi connectivity index (χ3n) is 17.8. The van der Waals surface area contributed by atoms with Crippen LogP contribution >= 0.6 is 0 Å². The van der Waals surface area contributed by atoms with Crippen molar-refractivity contribution in [2.24, 2.45) is 11.8 Å². The zero-order valence-electron chi connectivity index (χ0n) is 44.7. The first-order chi connectivity index (χ1) is 36.9. The van der Waals surface area contributed by atoms with Crippen molar-refractivity contribution in [1.82, 2.24) is 40.4 Å². The molecule has 8 aliphatic rings. The molecule has 4 heterocycles. The van der Waals surface area contributed by atoms with E-state index in [-0.39, 0.29) is 36.0 Å². The Bertz CT molecular complexity index is 2940. The van der Waals surface area contributed by atoms with Gasteiger partial charge < -0.3 is 49.3 Å². The number of likely N-dealkylation sites (tertiary alicyclic amines) is 2. The molecule has 0 spiro atoms. The highest BCUT2D eigenvalue weighted by Crippen LogP contribution is 2.48. The number of aromatic nitrogens is 4. The second-order valence-corrected chi connectivity index (χ2v) is 22.0. The lowest BCUT2D eigenvalue weighted by molar-refractivity contribution is -0.141. The number of aryl methyl sites for hydroxylation is 4. The molecule has 400 valence electrons. The highest BCUT2D eigenvalue weighted by atomic mass is 16.5. The number of nitrogens with one attached hydrogen (secondary N) is 4. The highest BCUT2D eigenvalue weighted by molar-refractivity contribution is 5.89. The molecule has 2 aromatic heterocycles. The summed E-state index contributed by atoms with van der Waals surface area (Å²) in [4.78, 5) is 75.8. The van der Waals surface area contributed by atoms with Crippen LogP contribution in [0.25, 0.3) is 44.3 Å². The minimum atomic E-state index is -0.906. The van der Waals surface area contributed by atoms with E-state index in [4.69, 9.17) is 28.9 Å². The summed E-state index contributed by atoms with van der Waals surface area (Å²) in [5, 5.41) is 5.53. The molecule has 14 rings (SSSR count). The van der Waals surface area contributed by atoms with Crippen LogP contribution in [-0.2, 0) is 54.2 Å². The van der Waals surface area contributed by atoms with Gasteiger partial charge in [-0.3, -0.25) is 9.59 Å². The Morgan fingerprint density at radius 1 is 0.553 bits per heavy atom. The van der Waals surface area contributed by atoms with Crippen LogP contribution in [0.4, 0.5) is 9.59 Å². The number of rotatable bonds is 12. The van der Waals surface area contributed by atoms with Crippen molar-refractivity contribution in [3.8, 4) is 22.3 Å². The number of hydrogen-bond donors (Lipinski definition) is 4. The molecule has 4 aromatic carbocycles. The molecule has 10 atom stereocenters. The van der Waals surface area contributed by atoms with Crippen LogP contribution in [0.5, 0.6) is 0 Å². The number of alkyl carbamates (subject to hydrolysis) is 2. The van der Waals surface area contributed by atoms with Crippen LogP contribution in [0.3, 0.4) is 0 Å². The summed E-state index contributed by atoms with van der Waals surface area (Å²) >= 11 is 0. The molecule has 2 saturated carbocycles. The molecular weight excluding hydrogens is 961 g/mol. The second kappa shape index (κ2) is 21.7. The van der Waals surface area contributed by atoms with E-state index in [1.54, 1.807) is 28.1 Å². The van der Waals surface area contributed by atoms with E-state index in [2.05, 4.69) is 93.4 Å². The predicted molar refractivity (Wildman–Crippen MR) is 289 cm³/mol. The van der Waals surface area contributed by atoms with Crippen LogP contribution in [0.2, 0.25) is 0 Å². The van der Waals surface area contributed by atoms with E-state index in [9.17, 15) is 19.2 Å². The zero-order valence-corrected chi connectivity index (χ0v) is 44.7. The van der Waals surface area contributed by atoms with Crippen molar-refractivity contribution < 1.29 is 38.1 Å². The third-order valence-corrected chi connectivity index (χ3v) is 17.8. The Morgan fingerprint density at radius 3 is 1.38 bits per heavy atom. The van der Waals surface area contributed by atoms with E-state index in [0.29, 0.717) is 11.8 Å². The van der Waals surface area contributed by atoms with Crippen molar-refractivity contribution in [3.05, 3.63) is 107 Å². The Hall–Kier alpha value is -6.78. The maximum atomic E-state index is 14.6. The first-order valence-electron chi connectivity index (χ1n) is 27.6. The molecule has 16 nitrogen and oxygen atoms in total. The van der Waals surface area contributed by atoms with Crippen molar-refractivity contribution in [1.29, 1.82) is 0 Å². The minimum absolute atomic E-state index is 0.0567. The number of benzene rings is 4. The molecule has 4 fully saturated rings. The van der Waals surface area contributed by atoms with Gasteiger partial charge in [0.05, 0.1) is 60.6 Å². The summed E-state index contributed by atoms with van der Waals surface area (Å²) in [7, 11) is 5.69. The van der Waals surface area contributed by atoms with Gasteiger partial charge >= 0.3 is 12.2 Å². The number of nitrogens with zero attached hydrogens (tertiary/aromatic N) is 4. The van der Waals surface area contributed by atoms with Gasteiger partial charge in [-0.15, -0.1) is 0 Å². The summed E-state index contributed by atoms with van der Waals surface area (Å²) < 4.78 is 21.1. The number of fused-ring (bicyclic) bond motifs is 4. The van der Waals surface area contributed by atoms with Crippen molar-refractivity contribution in [2.75, 3.05) is 28.4 Å². The fourth-order valence-corrected chi connectivity index (χ4v) is 13.6. The monoisotopic (exact) mass is 1030 g/mol.